The molecular formula is C20H26N3O3+. The van der Waals surface area contributed by atoms with Crippen molar-refractivity contribution in [2.45, 2.75) is 13.3 Å². The van der Waals surface area contributed by atoms with Crippen molar-refractivity contribution in [2.75, 3.05) is 27.2 Å². The minimum Gasteiger partial charge on any atom is -0.465 e. The van der Waals surface area contributed by atoms with Crippen LogP contribution in [0.25, 0.3) is 6.08 Å². The highest BCUT2D eigenvalue weighted by Crippen LogP contribution is 2.08. The molecule has 2 amide bonds. The van der Waals surface area contributed by atoms with Crippen LogP contribution in [0.3, 0.4) is 0 Å². The van der Waals surface area contributed by atoms with Gasteiger partial charge in [-0.15, -0.1) is 0 Å². The number of hydrogen-bond donors (Lipinski definition) is 3. The van der Waals surface area contributed by atoms with Gasteiger partial charge in [0.1, 0.15) is 11.5 Å². The van der Waals surface area contributed by atoms with Crippen LogP contribution in [-0.2, 0) is 4.79 Å². The van der Waals surface area contributed by atoms with Gasteiger partial charge in [0.05, 0.1) is 26.9 Å². The van der Waals surface area contributed by atoms with E-state index < -0.39 is 0 Å². The molecule has 26 heavy (non-hydrogen) atoms. The molecular weight excluding hydrogens is 330 g/mol. The van der Waals surface area contributed by atoms with Gasteiger partial charge in [0.15, 0.2) is 0 Å². The first-order valence-corrected chi connectivity index (χ1v) is 8.66. The van der Waals surface area contributed by atoms with E-state index in [0.29, 0.717) is 17.9 Å². The standard InChI is InChI=1S/C20H25N3O3/c1-15-7-9-16(10-8-15)19(24)22-18(14-17-6-4-13-26-17)20(25)21-11-5-12-23(2)3/h4,6-10,13-14H,5,11-12H2,1-3H3,(H,21,25)(H,22,24)/p+1. The quantitative estimate of drug-likeness (QED) is 0.488. The highest BCUT2D eigenvalue weighted by Gasteiger charge is 2.15. The van der Waals surface area contributed by atoms with E-state index in [1.165, 1.54) is 17.2 Å². The molecule has 2 rings (SSSR count). The number of nitrogens with one attached hydrogen (secondary N) is 3. The summed E-state index contributed by atoms with van der Waals surface area (Å²) in [5.41, 5.74) is 1.71. The van der Waals surface area contributed by atoms with E-state index in [1.807, 2.05) is 19.1 Å². The molecule has 6 heteroatoms. The molecule has 1 aromatic heterocycles. The van der Waals surface area contributed by atoms with Crippen molar-refractivity contribution in [2.24, 2.45) is 0 Å². The highest BCUT2D eigenvalue weighted by atomic mass is 16.3. The molecule has 0 saturated heterocycles. The van der Waals surface area contributed by atoms with Crippen molar-refractivity contribution in [3.63, 3.8) is 0 Å². The maximum atomic E-state index is 12.5. The predicted octanol–water partition coefficient (Wildman–Crippen LogP) is 1.01. The maximum absolute atomic E-state index is 12.5. The zero-order valence-electron chi connectivity index (χ0n) is 15.5. The van der Waals surface area contributed by atoms with Crippen LogP contribution in [0.5, 0.6) is 0 Å². The van der Waals surface area contributed by atoms with Gasteiger partial charge in [0.2, 0.25) is 0 Å². The van der Waals surface area contributed by atoms with Crippen LogP contribution >= 0.6 is 0 Å². The van der Waals surface area contributed by atoms with Crippen LogP contribution < -0.4 is 15.5 Å². The van der Waals surface area contributed by atoms with Crippen molar-refractivity contribution >= 4 is 17.9 Å². The van der Waals surface area contributed by atoms with E-state index >= 15 is 0 Å². The van der Waals surface area contributed by atoms with Gasteiger partial charge in [-0.05, 0) is 31.2 Å². The lowest BCUT2D eigenvalue weighted by Gasteiger charge is -2.11. The number of carbonyl (C=O) groups excluding carboxylic acids is 2. The molecule has 0 fully saturated rings. The van der Waals surface area contributed by atoms with Crippen LogP contribution in [0.2, 0.25) is 0 Å². The Morgan fingerprint density at radius 1 is 1.15 bits per heavy atom. The number of furan rings is 1. The van der Waals surface area contributed by atoms with E-state index in [9.17, 15) is 9.59 Å². The lowest BCUT2D eigenvalue weighted by molar-refractivity contribution is -0.858. The van der Waals surface area contributed by atoms with Gasteiger partial charge < -0.3 is 20.0 Å². The Morgan fingerprint density at radius 3 is 2.50 bits per heavy atom. The second-order valence-corrected chi connectivity index (χ2v) is 6.46. The van der Waals surface area contributed by atoms with Crippen LogP contribution in [0.4, 0.5) is 0 Å². The molecule has 1 aromatic carbocycles. The van der Waals surface area contributed by atoms with E-state index in [-0.39, 0.29) is 17.5 Å². The molecule has 0 unspecified atom stereocenters. The summed E-state index contributed by atoms with van der Waals surface area (Å²) < 4.78 is 5.26. The van der Waals surface area contributed by atoms with Gasteiger partial charge in [-0.25, -0.2) is 0 Å². The minimum absolute atomic E-state index is 0.155. The van der Waals surface area contributed by atoms with Crippen molar-refractivity contribution in [1.82, 2.24) is 10.6 Å². The van der Waals surface area contributed by atoms with Crippen LogP contribution in [0, 0.1) is 6.92 Å². The lowest BCUT2D eigenvalue weighted by atomic mass is 10.1. The number of hydrogen-bond acceptors (Lipinski definition) is 3. The number of rotatable bonds is 8. The molecule has 0 aliphatic carbocycles. The van der Waals surface area contributed by atoms with Crippen molar-refractivity contribution in [3.05, 3.63) is 65.2 Å². The third-order valence-corrected chi connectivity index (χ3v) is 3.78. The molecule has 0 saturated carbocycles. The molecule has 2 aromatic rings. The van der Waals surface area contributed by atoms with E-state index in [0.717, 1.165) is 18.5 Å². The lowest BCUT2D eigenvalue weighted by Crippen LogP contribution is -3.05. The van der Waals surface area contributed by atoms with E-state index in [2.05, 4.69) is 24.7 Å². The molecule has 0 bridgehead atoms. The molecule has 6 nitrogen and oxygen atoms in total. The van der Waals surface area contributed by atoms with Crippen LogP contribution in [0.15, 0.2) is 52.8 Å². The summed E-state index contributed by atoms with van der Waals surface area (Å²) in [4.78, 5) is 26.3. The van der Waals surface area contributed by atoms with Gasteiger partial charge in [0, 0.05) is 24.6 Å². The number of benzene rings is 1. The Bertz CT molecular complexity index is 747. The van der Waals surface area contributed by atoms with E-state index in [1.54, 1.807) is 24.3 Å². The van der Waals surface area contributed by atoms with E-state index in [4.69, 9.17) is 4.42 Å². The summed E-state index contributed by atoms with van der Waals surface area (Å²) in [6, 6.07) is 10.6. The second kappa shape index (κ2) is 9.58. The first kappa shape index (κ1) is 19.5. The normalized spacial score (nSPS) is 11.5. The molecule has 1 heterocycles. The number of quaternary nitrogens is 1. The van der Waals surface area contributed by atoms with Crippen molar-refractivity contribution in [3.8, 4) is 0 Å². The van der Waals surface area contributed by atoms with Gasteiger partial charge in [-0.3, -0.25) is 9.59 Å². The number of amides is 2. The van der Waals surface area contributed by atoms with Crippen LogP contribution in [-0.4, -0.2) is 39.0 Å². The smallest absolute Gasteiger partial charge is 0.267 e. The summed E-state index contributed by atoms with van der Waals surface area (Å²) in [7, 11) is 4.12. The Kier molecular flexibility index (Phi) is 7.17. The summed E-state index contributed by atoms with van der Waals surface area (Å²) in [5, 5.41) is 5.52. The van der Waals surface area contributed by atoms with Crippen LogP contribution in [0.1, 0.15) is 28.1 Å². The largest absolute Gasteiger partial charge is 0.465 e. The molecule has 138 valence electrons. The van der Waals surface area contributed by atoms with Gasteiger partial charge in [-0.1, -0.05) is 17.7 Å². The zero-order chi connectivity index (χ0) is 18.9. The fourth-order valence-corrected chi connectivity index (χ4v) is 2.31. The third-order valence-electron chi connectivity index (χ3n) is 3.78. The van der Waals surface area contributed by atoms with Crippen molar-refractivity contribution in [1.29, 1.82) is 0 Å². The SMILES string of the molecule is Cc1ccc(C(=O)NC(=Cc2ccco2)C(=O)NCCC[NH+](C)C)cc1. The monoisotopic (exact) mass is 356 g/mol. The summed E-state index contributed by atoms with van der Waals surface area (Å²) in [5.74, 6) is -0.177. The number of aryl methyl sites for hydroxylation is 1. The Hall–Kier alpha value is -2.86. The first-order chi connectivity index (χ1) is 12.5. The molecule has 0 aliphatic heterocycles. The molecule has 0 radical (unpaired) electrons. The maximum Gasteiger partial charge on any atom is 0.267 e. The summed E-state index contributed by atoms with van der Waals surface area (Å²) in [6.07, 6.45) is 3.90. The minimum atomic E-state index is -0.337. The third kappa shape index (κ3) is 6.22. The summed E-state index contributed by atoms with van der Waals surface area (Å²) in [6.45, 7) is 3.44. The van der Waals surface area contributed by atoms with Gasteiger partial charge in [-0.2, -0.15) is 0 Å². The topological polar surface area (TPSA) is 75.8 Å². The fraction of sp³-hybridized carbons (Fsp3) is 0.300. The van der Waals surface area contributed by atoms with Crippen molar-refractivity contribution < 1.29 is 18.9 Å². The average Bonchev–Trinajstić information content (AvgIpc) is 3.11. The summed E-state index contributed by atoms with van der Waals surface area (Å²) >= 11 is 0. The van der Waals surface area contributed by atoms with Gasteiger partial charge in [0.25, 0.3) is 11.8 Å². The zero-order valence-corrected chi connectivity index (χ0v) is 15.5. The molecule has 3 N–H and O–H groups in total. The molecule has 0 spiro atoms. The Morgan fingerprint density at radius 2 is 1.88 bits per heavy atom. The molecule has 0 atom stereocenters. The Labute approximate surface area is 153 Å². The predicted molar refractivity (Wildman–Crippen MR) is 101 cm³/mol. The first-order valence-electron chi connectivity index (χ1n) is 8.66. The van der Waals surface area contributed by atoms with Gasteiger partial charge >= 0.3 is 0 Å². The fourth-order valence-electron chi connectivity index (χ4n) is 2.31. The number of carbonyl (C=O) groups is 2. The average molecular weight is 356 g/mol. The highest BCUT2D eigenvalue weighted by molar-refractivity contribution is 6.05. The molecule has 0 aliphatic rings. The second-order valence-electron chi connectivity index (χ2n) is 6.46. The Balaban J connectivity index is 2.07.